The summed E-state index contributed by atoms with van der Waals surface area (Å²) in [7, 11) is 0. The third kappa shape index (κ3) is 6.88. The summed E-state index contributed by atoms with van der Waals surface area (Å²) in [5, 5.41) is 3.01. The van der Waals surface area contributed by atoms with Crippen LogP contribution in [0, 0.1) is 18.8 Å². The van der Waals surface area contributed by atoms with Gasteiger partial charge in [-0.3, -0.25) is 4.79 Å². The molecule has 0 saturated carbocycles. The number of carbonyl (C=O) groups is 1. The molecule has 24 heavy (non-hydrogen) atoms. The minimum absolute atomic E-state index is 0. The third-order valence-electron chi connectivity index (χ3n) is 4.39. The number of aryl methyl sites for hydroxylation is 1. The van der Waals surface area contributed by atoms with E-state index in [2.05, 4.69) is 24.1 Å². The maximum Gasteiger partial charge on any atom is 0.251 e. The third-order valence-corrected chi connectivity index (χ3v) is 4.39. The van der Waals surface area contributed by atoms with Gasteiger partial charge >= 0.3 is 0 Å². The number of hydrogen-bond acceptors (Lipinski definition) is 3. The number of benzene rings is 1. The first-order valence-corrected chi connectivity index (χ1v) is 8.32. The van der Waals surface area contributed by atoms with Gasteiger partial charge in [0.2, 0.25) is 0 Å². The molecule has 1 aliphatic heterocycles. The monoisotopic (exact) mass is 375 g/mol. The Bertz CT molecular complexity index is 515. The lowest BCUT2D eigenvalue weighted by molar-refractivity contribution is 0.0946. The van der Waals surface area contributed by atoms with Crippen LogP contribution in [0.1, 0.15) is 42.6 Å². The molecule has 6 heteroatoms. The predicted octanol–water partition coefficient (Wildman–Crippen LogP) is 3.52. The Balaban J connectivity index is 0.00000264. The average Bonchev–Trinajstić information content (AvgIpc) is 2.45. The van der Waals surface area contributed by atoms with E-state index in [1.807, 2.05) is 19.1 Å². The van der Waals surface area contributed by atoms with E-state index in [9.17, 15) is 4.79 Å². The van der Waals surface area contributed by atoms with E-state index >= 15 is 0 Å². The van der Waals surface area contributed by atoms with Crippen molar-refractivity contribution >= 4 is 36.4 Å². The van der Waals surface area contributed by atoms with E-state index in [1.165, 1.54) is 19.5 Å². The first-order chi connectivity index (χ1) is 10.5. The molecule has 1 saturated heterocycles. The number of piperidine rings is 1. The Kier molecular flexibility index (Phi) is 10.4. The smallest absolute Gasteiger partial charge is 0.251 e. The van der Waals surface area contributed by atoms with Crippen LogP contribution in [0.3, 0.4) is 0 Å². The molecule has 4 nitrogen and oxygen atoms in total. The summed E-state index contributed by atoms with van der Waals surface area (Å²) in [6.45, 7) is 10.7. The molecule has 2 unspecified atom stereocenters. The number of hydrogen-bond donors (Lipinski definition) is 2. The summed E-state index contributed by atoms with van der Waals surface area (Å²) in [5.41, 5.74) is 8.03. The number of carbonyl (C=O) groups excluding carboxylic acids is 1. The van der Waals surface area contributed by atoms with Gasteiger partial charge in [-0.15, -0.1) is 24.8 Å². The largest absolute Gasteiger partial charge is 0.399 e. The summed E-state index contributed by atoms with van der Waals surface area (Å²) in [5.74, 6) is 1.55. The maximum absolute atomic E-state index is 12.2. The molecule has 3 N–H and O–H groups in total. The van der Waals surface area contributed by atoms with Crippen LogP contribution in [0.15, 0.2) is 18.2 Å². The molecule has 0 aliphatic carbocycles. The Labute approximate surface area is 158 Å². The van der Waals surface area contributed by atoms with Gasteiger partial charge in [-0.2, -0.15) is 0 Å². The van der Waals surface area contributed by atoms with Crippen LogP contribution >= 0.6 is 24.8 Å². The number of nitrogens with two attached hydrogens (primary N) is 1. The molecule has 0 radical (unpaired) electrons. The molecule has 2 rings (SSSR count). The van der Waals surface area contributed by atoms with Crippen LogP contribution in [0.4, 0.5) is 5.69 Å². The highest BCUT2D eigenvalue weighted by Crippen LogP contribution is 2.20. The van der Waals surface area contributed by atoms with Gasteiger partial charge in [-0.05, 0) is 55.8 Å². The van der Waals surface area contributed by atoms with E-state index < -0.39 is 0 Å². The van der Waals surface area contributed by atoms with Gasteiger partial charge < -0.3 is 16.0 Å². The zero-order valence-electron chi connectivity index (χ0n) is 14.9. The molecule has 0 spiro atoms. The number of amides is 1. The number of anilines is 1. The minimum Gasteiger partial charge on any atom is -0.399 e. The number of likely N-dealkylation sites (tertiary alicyclic amines) is 1. The molecule has 1 fully saturated rings. The summed E-state index contributed by atoms with van der Waals surface area (Å²) >= 11 is 0. The molecule has 1 heterocycles. The average molecular weight is 376 g/mol. The van der Waals surface area contributed by atoms with Crippen molar-refractivity contribution in [3.63, 3.8) is 0 Å². The van der Waals surface area contributed by atoms with Crippen molar-refractivity contribution < 1.29 is 4.79 Å². The van der Waals surface area contributed by atoms with Crippen molar-refractivity contribution in [3.8, 4) is 0 Å². The number of nitrogen functional groups attached to an aromatic ring is 1. The maximum atomic E-state index is 12.2. The Morgan fingerprint density at radius 2 is 1.88 bits per heavy atom. The zero-order chi connectivity index (χ0) is 16.1. The van der Waals surface area contributed by atoms with Crippen LogP contribution in [0.5, 0.6) is 0 Å². The van der Waals surface area contributed by atoms with E-state index in [-0.39, 0.29) is 30.7 Å². The van der Waals surface area contributed by atoms with Crippen molar-refractivity contribution in [3.05, 3.63) is 29.3 Å². The number of nitrogens with zero attached hydrogens (tertiary/aromatic N) is 1. The normalized spacial score (nSPS) is 20.6. The van der Waals surface area contributed by atoms with E-state index in [4.69, 9.17) is 5.73 Å². The van der Waals surface area contributed by atoms with Crippen molar-refractivity contribution in [1.82, 2.24) is 10.2 Å². The van der Waals surface area contributed by atoms with Crippen molar-refractivity contribution in [2.45, 2.75) is 33.6 Å². The van der Waals surface area contributed by atoms with Crippen molar-refractivity contribution in [2.24, 2.45) is 11.8 Å². The number of nitrogens with one attached hydrogen (secondary N) is 1. The molecular formula is C18H31Cl2N3O. The van der Waals surface area contributed by atoms with Crippen molar-refractivity contribution in [1.29, 1.82) is 0 Å². The fourth-order valence-corrected chi connectivity index (χ4v) is 3.46. The Morgan fingerprint density at radius 3 is 2.50 bits per heavy atom. The summed E-state index contributed by atoms with van der Waals surface area (Å²) in [4.78, 5) is 14.7. The highest BCUT2D eigenvalue weighted by molar-refractivity contribution is 5.96. The van der Waals surface area contributed by atoms with Gasteiger partial charge in [0.15, 0.2) is 0 Å². The molecular weight excluding hydrogens is 345 g/mol. The van der Waals surface area contributed by atoms with Gasteiger partial charge in [-0.25, -0.2) is 0 Å². The van der Waals surface area contributed by atoms with Gasteiger partial charge in [-0.1, -0.05) is 19.9 Å². The van der Waals surface area contributed by atoms with Crippen LogP contribution in [-0.2, 0) is 0 Å². The van der Waals surface area contributed by atoms with Crippen LogP contribution in [0.25, 0.3) is 0 Å². The lowest BCUT2D eigenvalue weighted by Crippen LogP contribution is -2.40. The van der Waals surface area contributed by atoms with Crippen LogP contribution in [-0.4, -0.2) is 37.0 Å². The standard InChI is InChI=1S/C18H29N3O.2ClH/c1-13-9-14(2)12-21(11-13)8-4-7-20-18(22)17-10-16(19)6-5-15(17)3;;/h5-6,10,13-14H,4,7-9,11-12,19H2,1-3H3,(H,20,22);2*1H. The second kappa shape index (κ2) is 10.8. The quantitative estimate of drug-likeness (QED) is 0.611. The molecule has 1 aliphatic rings. The molecule has 0 aromatic heterocycles. The fraction of sp³-hybridized carbons (Fsp3) is 0.611. The Morgan fingerprint density at radius 1 is 1.25 bits per heavy atom. The van der Waals surface area contributed by atoms with Gasteiger partial charge in [0.25, 0.3) is 5.91 Å². The highest BCUT2D eigenvalue weighted by atomic mass is 35.5. The molecule has 138 valence electrons. The van der Waals surface area contributed by atoms with Gasteiger partial charge in [0.05, 0.1) is 0 Å². The zero-order valence-corrected chi connectivity index (χ0v) is 16.5. The van der Waals surface area contributed by atoms with Crippen LogP contribution in [0.2, 0.25) is 0 Å². The van der Waals surface area contributed by atoms with E-state index in [0.29, 0.717) is 17.8 Å². The lowest BCUT2D eigenvalue weighted by Gasteiger charge is -2.34. The summed E-state index contributed by atoms with van der Waals surface area (Å²) < 4.78 is 0. The second-order valence-electron chi connectivity index (χ2n) is 6.89. The number of halogens is 2. The molecule has 1 aromatic rings. The van der Waals surface area contributed by atoms with Gasteiger partial charge in [0.1, 0.15) is 0 Å². The molecule has 1 aromatic carbocycles. The molecule has 1 amide bonds. The van der Waals surface area contributed by atoms with E-state index in [0.717, 1.165) is 30.4 Å². The summed E-state index contributed by atoms with van der Waals surface area (Å²) in [6, 6.07) is 5.46. The first-order valence-electron chi connectivity index (χ1n) is 8.32. The Hall–Kier alpha value is -0.970. The molecule has 0 bridgehead atoms. The first kappa shape index (κ1) is 23.0. The fourth-order valence-electron chi connectivity index (χ4n) is 3.46. The second-order valence-corrected chi connectivity index (χ2v) is 6.89. The minimum atomic E-state index is -0.0230. The topological polar surface area (TPSA) is 58.4 Å². The van der Waals surface area contributed by atoms with Gasteiger partial charge in [0, 0.05) is 30.9 Å². The lowest BCUT2D eigenvalue weighted by atomic mass is 9.92. The van der Waals surface area contributed by atoms with Crippen LogP contribution < -0.4 is 11.1 Å². The van der Waals surface area contributed by atoms with Crippen molar-refractivity contribution in [2.75, 3.05) is 31.9 Å². The predicted molar refractivity (Wildman–Crippen MR) is 106 cm³/mol. The number of rotatable bonds is 5. The van der Waals surface area contributed by atoms with E-state index in [1.54, 1.807) is 6.07 Å². The molecule has 2 atom stereocenters. The SMILES string of the molecule is Cc1ccc(N)cc1C(=O)NCCCN1CC(C)CC(C)C1.Cl.Cl. The highest BCUT2D eigenvalue weighted by Gasteiger charge is 2.21. The summed E-state index contributed by atoms with van der Waals surface area (Å²) in [6.07, 6.45) is 2.33.